The summed E-state index contributed by atoms with van der Waals surface area (Å²) in [5.41, 5.74) is 1.38. The number of nitrogens with zero attached hydrogens (tertiary/aromatic N) is 1. The number of aliphatic carboxylic acids is 1. The molecule has 2 rings (SSSR count). The number of hydrogen-bond donors (Lipinski definition) is 1. The van der Waals surface area contributed by atoms with Crippen LogP contribution >= 0.6 is 0 Å². The highest BCUT2D eigenvalue weighted by molar-refractivity contribution is 5.85. The molecule has 1 saturated carbocycles. The van der Waals surface area contributed by atoms with Crippen molar-refractivity contribution in [2.45, 2.75) is 38.6 Å². The topological polar surface area (TPSA) is 40.5 Å². The van der Waals surface area contributed by atoms with Crippen molar-refractivity contribution in [3.05, 3.63) is 35.7 Å². The van der Waals surface area contributed by atoms with Crippen LogP contribution in [0.2, 0.25) is 0 Å². The zero-order valence-electron chi connectivity index (χ0n) is 12.6. The predicted octanol–water partition coefficient (Wildman–Crippen LogP) is 3.94. The molecule has 1 aliphatic rings. The van der Waals surface area contributed by atoms with Gasteiger partial charge >= 0.3 is 5.97 Å². The van der Waals surface area contributed by atoms with E-state index in [9.17, 15) is 9.18 Å². The van der Waals surface area contributed by atoms with E-state index in [0.717, 1.165) is 18.2 Å². The predicted molar refractivity (Wildman–Crippen MR) is 82.9 cm³/mol. The first kappa shape index (κ1) is 15.5. The van der Waals surface area contributed by atoms with Crippen molar-refractivity contribution in [1.29, 1.82) is 0 Å². The lowest BCUT2D eigenvalue weighted by molar-refractivity contribution is -0.131. The lowest BCUT2D eigenvalue weighted by Gasteiger charge is -2.37. The summed E-state index contributed by atoms with van der Waals surface area (Å²) in [5, 5.41) is 8.67. The molecule has 21 heavy (non-hydrogen) atoms. The third-order valence-corrected chi connectivity index (χ3v) is 4.29. The van der Waals surface area contributed by atoms with E-state index < -0.39 is 5.97 Å². The van der Waals surface area contributed by atoms with Crippen molar-refractivity contribution in [3.8, 4) is 0 Å². The van der Waals surface area contributed by atoms with Crippen molar-refractivity contribution in [1.82, 2.24) is 0 Å². The molecule has 1 aromatic rings. The van der Waals surface area contributed by atoms with Gasteiger partial charge in [-0.05, 0) is 48.6 Å². The molecule has 0 saturated heterocycles. The number of rotatable bonds is 4. The van der Waals surface area contributed by atoms with Crippen LogP contribution < -0.4 is 4.90 Å². The molecule has 4 heteroatoms. The van der Waals surface area contributed by atoms with Gasteiger partial charge in [0.1, 0.15) is 5.82 Å². The molecule has 0 bridgehead atoms. The van der Waals surface area contributed by atoms with Gasteiger partial charge < -0.3 is 10.0 Å². The van der Waals surface area contributed by atoms with Gasteiger partial charge in [0.25, 0.3) is 0 Å². The molecule has 0 spiro atoms. The Hall–Kier alpha value is -1.84. The van der Waals surface area contributed by atoms with Crippen LogP contribution in [0.5, 0.6) is 0 Å². The van der Waals surface area contributed by atoms with Gasteiger partial charge in [0, 0.05) is 24.9 Å². The zero-order valence-corrected chi connectivity index (χ0v) is 12.6. The van der Waals surface area contributed by atoms with Crippen LogP contribution in [0.3, 0.4) is 0 Å². The van der Waals surface area contributed by atoms with Crippen LogP contribution in [0.4, 0.5) is 10.1 Å². The highest BCUT2D eigenvalue weighted by Gasteiger charge is 2.25. The maximum atomic E-state index is 13.8. The first-order chi connectivity index (χ1) is 9.97. The van der Waals surface area contributed by atoms with E-state index in [-0.39, 0.29) is 5.82 Å². The fourth-order valence-electron chi connectivity index (χ4n) is 3.13. The molecule has 1 fully saturated rings. The van der Waals surface area contributed by atoms with Crippen LogP contribution in [0.25, 0.3) is 6.08 Å². The van der Waals surface area contributed by atoms with Gasteiger partial charge in [0.2, 0.25) is 0 Å². The molecule has 0 radical (unpaired) electrons. The van der Waals surface area contributed by atoms with Crippen molar-refractivity contribution < 1.29 is 14.3 Å². The third-order valence-electron chi connectivity index (χ3n) is 4.29. The summed E-state index contributed by atoms with van der Waals surface area (Å²) in [6, 6.07) is 5.11. The van der Waals surface area contributed by atoms with Crippen LogP contribution in [0, 0.1) is 11.7 Å². The molecule has 1 aliphatic carbocycles. The van der Waals surface area contributed by atoms with Gasteiger partial charge in [0.05, 0.1) is 0 Å². The smallest absolute Gasteiger partial charge is 0.328 e. The monoisotopic (exact) mass is 291 g/mol. The molecule has 2 unspecified atom stereocenters. The number of hydrogen-bond acceptors (Lipinski definition) is 2. The van der Waals surface area contributed by atoms with Gasteiger partial charge in [-0.15, -0.1) is 0 Å². The molecule has 0 aromatic heterocycles. The molecule has 0 heterocycles. The molecule has 2 atom stereocenters. The Kier molecular flexibility index (Phi) is 4.99. The molecule has 0 amide bonds. The highest BCUT2D eigenvalue weighted by atomic mass is 19.1. The Balaban J connectivity index is 2.23. The number of carboxylic acids is 1. The molecule has 0 aliphatic heterocycles. The second-order valence-electron chi connectivity index (χ2n) is 5.85. The average molecular weight is 291 g/mol. The second-order valence-corrected chi connectivity index (χ2v) is 5.85. The van der Waals surface area contributed by atoms with E-state index >= 15 is 0 Å². The molecule has 1 aromatic carbocycles. The van der Waals surface area contributed by atoms with E-state index in [4.69, 9.17) is 5.11 Å². The molecule has 1 N–H and O–H groups in total. The summed E-state index contributed by atoms with van der Waals surface area (Å²) in [6.07, 6.45) is 7.25. The first-order valence-electron chi connectivity index (χ1n) is 7.42. The number of benzene rings is 1. The van der Waals surface area contributed by atoms with Gasteiger partial charge in [-0.3, -0.25) is 0 Å². The molecule has 114 valence electrons. The minimum atomic E-state index is -1.03. The third kappa shape index (κ3) is 4.06. The Bertz CT molecular complexity index is 542. The Morgan fingerprint density at radius 3 is 2.71 bits per heavy atom. The minimum absolute atomic E-state index is 0.340. The van der Waals surface area contributed by atoms with E-state index in [1.807, 2.05) is 13.1 Å². The number of halogens is 1. The van der Waals surface area contributed by atoms with E-state index in [2.05, 4.69) is 11.8 Å². The van der Waals surface area contributed by atoms with Gasteiger partial charge in [-0.1, -0.05) is 19.8 Å². The van der Waals surface area contributed by atoms with Crippen LogP contribution in [-0.2, 0) is 4.79 Å². The first-order valence-corrected chi connectivity index (χ1v) is 7.42. The van der Waals surface area contributed by atoms with Crippen LogP contribution in [0.1, 0.15) is 38.2 Å². The van der Waals surface area contributed by atoms with Gasteiger partial charge in [0.15, 0.2) is 0 Å². The summed E-state index contributed by atoms with van der Waals surface area (Å²) in [4.78, 5) is 12.7. The fraction of sp³-hybridized carbons (Fsp3) is 0.471. The van der Waals surface area contributed by atoms with Gasteiger partial charge in [-0.2, -0.15) is 0 Å². The molecular formula is C17H22FNO2. The van der Waals surface area contributed by atoms with E-state index in [1.54, 1.807) is 0 Å². The van der Waals surface area contributed by atoms with Crippen molar-refractivity contribution in [2.75, 3.05) is 11.9 Å². The van der Waals surface area contributed by atoms with Gasteiger partial charge in [-0.25, -0.2) is 9.18 Å². The average Bonchev–Trinajstić information content (AvgIpc) is 2.44. The zero-order chi connectivity index (χ0) is 15.4. The Morgan fingerprint density at radius 1 is 1.33 bits per heavy atom. The normalized spacial score (nSPS) is 22.4. The van der Waals surface area contributed by atoms with Crippen molar-refractivity contribution in [2.24, 2.45) is 5.92 Å². The Labute approximate surface area is 125 Å². The number of carbonyl (C=O) groups is 1. The van der Waals surface area contributed by atoms with E-state index in [0.29, 0.717) is 17.5 Å². The lowest BCUT2D eigenvalue weighted by Crippen LogP contribution is -2.39. The summed E-state index contributed by atoms with van der Waals surface area (Å²) >= 11 is 0. The Morgan fingerprint density at radius 2 is 2.05 bits per heavy atom. The highest BCUT2D eigenvalue weighted by Crippen LogP contribution is 2.31. The summed E-state index contributed by atoms with van der Waals surface area (Å²) < 4.78 is 13.8. The minimum Gasteiger partial charge on any atom is -0.478 e. The quantitative estimate of drug-likeness (QED) is 0.854. The van der Waals surface area contributed by atoms with Crippen molar-refractivity contribution in [3.63, 3.8) is 0 Å². The van der Waals surface area contributed by atoms with Crippen LogP contribution in [0.15, 0.2) is 24.3 Å². The summed E-state index contributed by atoms with van der Waals surface area (Å²) in [5.74, 6) is -0.784. The largest absolute Gasteiger partial charge is 0.478 e. The SMILES string of the molecule is CC1CCCCC1N(C)c1cc(F)cc(/C=C/C(=O)O)c1. The second kappa shape index (κ2) is 6.74. The number of carboxylic acid groups (broad SMARTS) is 1. The maximum absolute atomic E-state index is 13.8. The molecule has 3 nitrogen and oxygen atoms in total. The van der Waals surface area contributed by atoms with E-state index in [1.165, 1.54) is 37.5 Å². The van der Waals surface area contributed by atoms with Crippen LogP contribution in [-0.4, -0.2) is 24.2 Å². The van der Waals surface area contributed by atoms with Crippen molar-refractivity contribution >= 4 is 17.7 Å². The molecular weight excluding hydrogens is 269 g/mol. The number of anilines is 1. The fourth-order valence-corrected chi connectivity index (χ4v) is 3.13. The lowest BCUT2D eigenvalue weighted by atomic mass is 9.85. The standard InChI is InChI=1S/C17H22FNO2/c1-12-5-3-4-6-16(12)19(2)15-10-13(7-8-17(20)21)9-14(18)11-15/h7-12,16H,3-6H2,1-2H3,(H,20,21)/b8-7+. The summed E-state index contributed by atoms with van der Waals surface area (Å²) in [7, 11) is 1.99. The maximum Gasteiger partial charge on any atom is 0.328 e. The summed E-state index contributed by atoms with van der Waals surface area (Å²) in [6.45, 7) is 2.24.